The Morgan fingerprint density at radius 3 is 2.82 bits per heavy atom. The zero-order valence-corrected chi connectivity index (χ0v) is 12.5. The maximum atomic E-state index is 5.98. The minimum Gasteiger partial charge on any atom is -0.310 e. The van der Waals surface area contributed by atoms with Gasteiger partial charge in [0.2, 0.25) is 0 Å². The summed E-state index contributed by atoms with van der Waals surface area (Å²) in [5, 5.41) is 4.42. The normalized spacial score (nSPS) is 17.1. The molecular weight excluding hydrogens is 298 g/mol. The molecule has 1 aromatic carbocycles. The molecule has 1 aromatic rings. The van der Waals surface area contributed by atoms with E-state index in [-0.39, 0.29) is 0 Å². The molecule has 0 saturated heterocycles. The molecule has 1 fully saturated rings. The van der Waals surface area contributed by atoms with Crippen molar-refractivity contribution in [1.29, 1.82) is 0 Å². The molecule has 1 N–H and O–H groups in total. The van der Waals surface area contributed by atoms with Gasteiger partial charge in [0, 0.05) is 17.1 Å². The predicted octanol–water partition coefficient (Wildman–Crippen LogP) is 4.77. The Labute approximate surface area is 117 Å². The fraction of sp³-hybridized carbons (Fsp3) is 0.571. The van der Waals surface area contributed by atoms with Gasteiger partial charge >= 0.3 is 0 Å². The lowest BCUT2D eigenvalue weighted by atomic mass is 10.1. The first-order valence-corrected chi connectivity index (χ1v) is 7.53. The molecule has 1 aliphatic rings. The van der Waals surface area contributed by atoms with Gasteiger partial charge in [-0.3, -0.25) is 0 Å². The largest absolute Gasteiger partial charge is 0.310 e. The van der Waals surface area contributed by atoms with Crippen molar-refractivity contribution >= 4 is 27.5 Å². The third-order valence-electron chi connectivity index (χ3n) is 3.39. The molecule has 1 aliphatic carbocycles. The van der Waals surface area contributed by atoms with Gasteiger partial charge in [-0.05, 0) is 52.4 Å². The van der Waals surface area contributed by atoms with Gasteiger partial charge in [-0.25, -0.2) is 0 Å². The van der Waals surface area contributed by atoms with E-state index in [1.165, 1.54) is 31.2 Å². The second kappa shape index (κ2) is 6.21. The highest BCUT2D eigenvalue weighted by molar-refractivity contribution is 9.10. The number of hydrogen-bond donors (Lipinski definition) is 1. The van der Waals surface area contributed by atoms with Crippen LogP contribution < -0.4 is 5.32 Å². The average Bonchev–Trinajstić information content (AvgIpc) is 3.12. The maximum absolute atomic E-state index is 5.98. The van der Waals surface area contributed by atoms with Crippen molar-refractivity contribution in [2.45, 2.75) is 45.2 Å². The van der Waals surface area contributed by atoms with Crippen LogP contribution in [0.25, 0.3) is 0 Å². The highest BCUT2D eigenvalue weighted by atomic mass is 79.9. The summed E-state index contributed by atoms with van der Waals surface area (Å²) in [5.74, 6) is 0.990. The van der Waals surface area contributed by atoms with E-state index in [9.17, 15) is 0 Å². The van der Waals surface area contributed by atoms with Crippen LogP contribution in [0.2, 0.25) is 5.02 Å². The molecule has 0 spiro atoms. The van der Waals surface area contributed by atoms with E-state index in [4.69, 9.17) is 11.6 Å². The minimum atomic E-state index is 0.664. The Morgan fingerprint density at radius 1 is 1.47 bits per heavy atom. The molecule has 2 rings (SSSR count). The van der Waals surface area contributed by atoms with Crippen LogP contribution in [0.5, 0.6) is 0 Å². The smallest absolute Gasteiger partial charge is 0.0548 e. The van der Waals surface area contributed by atoms with Crippen molar-refractivity contribution in [3.05, 3.63) is 33.3 Å². The van der Waals surface area contributed by atoms with Gasteiger partial charge in [-0.15, -0.1) is 0 Å². The summed E-state index contributed by atoms with van der Waals surface area (Å²) in [6.45, 7) is 3.19. The number of halogens is 2. The topological polar surface area (TPSA) is 12.0 Å². The monoisotopic (exact) mass is 315 g/mol. The van der Waals surface area contributed by atoms with Crippen molar-refractivity contribution in [2.75, 3.05) is 0 Å². The molecule has 0 aromatic heterocycles. The second-order valence-electron chi connectivity index (χ2n) is 4.91. The van der Waals surface area contributed by atoms with Crippen LogP contribution in [-0.2, 0) is 6.54 Å². The van der Waals surface area contributed by atoms with Gasteiger partial charge in [0.15, 0.2) is 0 Å². The lowest BCUT2D eigenvalue weighted by Gasteiger charge is -2.16. The lowest BCUT2D eigenvalue weighted by Crippen LogP contribution is -2.28. The van der Waals surface area contributed by atoms with Crippen LogP contribution in [0.4, 0.5) is 0 Å². The molecule has 0 aliphatic heterocycles. The predicted molar refractivity (Wildman–Crippen MR) is 77.4 cm³/mol. The summed E-state index contributed by atoms with van der Waals surface area (Å²) in [6, 6.07) is 6.80. The van der Waals surface area contributed by atoms with E-state index in [0.717, 1.165) is 22.0 Å². The van der Waals surface area contributed by atoms with Gasteiger partial charge in [0.1, 0.15) is 0 Å². The van der Waals surface area contributed by atoms with Gasteiger partial charge in [-0.1, -0.05) is 37.4 Å². The molecule has 17 heavy (non-hydrogen) atoms. The Morgan fingerprint density at radius 2 is 2.24 bits per heavy atom. The molecule has 3 heteroatoms. The number of benzene rings is 1. The van der Waals surface area contributed by atoms with Gasteiger partial charge < -0.3 is 5.32 Å². The molecule has 0 heterocycles. The van der Waals surface area contributed by atoms with Crippen LogP contribution >= 0.6 is 27.5 Å². The SMILES string of the molecule is CCC(CC1CC1)NCc1ccc(Cl)c(Br)c1. The van der Waals surface area contributed by atoms with E-state index in [0.29, 0.717) is 6.04 Å². The highest BCUT2D eigenvalue weighted by Gasteiger charge is 2.24. The number of hydrogen-bond acceptors (Lipinski definition) is 1. The Balaban J connectivity index is 1.84. The van der Waals surface area contributed by atoms with Gasteiger partial charge in [0.05, 0.1) is 5.02 Å². The third-order valence-corrected chi connectivity index (χ3v) is 4.60. The molecule has 1 atom stereocenters. The first-order chi connectivity index (χ1) is 8.19. The third kappa shape index (κ3) is 4.27. The Hall–Kier alpha value is -0.0500. The standard InChI is InChI=1S/C14H19BrClN/c1-2-12(7-10-3-4-10)17-9-11-5-6-14(16)13(15)8-11/h5-6,8,10,12,17H,2-4,7,9H2,1H3. The van der Waals surface area contributed by atoms with E-state index >= 15 is 0 Å². The van der Waals surface area contributed by atoms with Crippen molar-refractivity contribution in [3.63, 3.8) is 0 Å². The van der Waals surface area contributed by atoms with Crippen molar-refractivity contribution < 1.29 is 0 Å². The molecule has 94 valence electrons. The molecule has 0 amide bonds. The zero-order valence-electron chi connectivity index (χ0n) is 10.2. The van der Waals surface area contributed by atoms with Gasteiger partial charge in [0.25, 0.3) is 0 Å². The van der Waals surface area contributed by atoms with Crippen LogP contribution in [0, 0.1) is 5.92 Å². The van der Waals surface area contributed by atoms with Crippen LogP contribution in [0.1, 0.15) is 38.2 Å². The molecule has 0 bridgehead atoms. The summed E-state index contributed by atoms with van der Waals surface area (Å²) < 4.78 is 0.980. The first-order valence-electron chi connectivity index (χ1n) is 6.36. The molecule has 0 radical (unpaired) electrons. The summed E-state index contributed by atoms with van der Waals surface area (Å²) >= 11 is 9.44. The fourth-order valence-corrected chi connectivity index (χ4v) is 2.61. The van der Waals surface area contributed by atoms with E-state index < -0.39 is 0 Å². The first kappa shape index (κ1) is 13.4. The summed E-state index contributed by atoms with van der Waals surface area (Å²) in [4.78, 5) is 0. The molecule has 1 unspecified atom stereocenters. The highest BCUT2D eigenvalue weighted by Crippen LogP contribution is 2.34. The van der Waals surface area contributed by atoms with Crippen molar-refractivity contribution in [1.82, 2.24) is 5.32 Å². The summed E-state index contributed by atoms with van der Waals surface area (Å²) in [5.41, 5.74) is 1.29. The van der Waals surface area contributed by atoms with Crippen LogP contribution in [0.3, 0.4) is 0 Å². The molecule has 1 saturated carbocycles. The maximum Gasteiger partial charge on any atom is 0.0548 e. The van der Waals surface area contributed by atoms with Crippen LogP contribution in [0.15, 0.2) is 22.7 Å². The Bertz CT molecular complexity index is 376. The lowest BCUT2D eigenvalue weighted by molar-refractivity contribution is 0.445. The molecule has 1 nitrogen and oxygen atoms in total. The summed E-state index contributed by atoms with van der Waals surface area (Å²) in [6.07, 6.45) is 5.42. The van der Waals surface area contributed by atoms with E-state index in [1.54, 1.807) is 0 Å². The average molecular weight is 317 g/mol. The quantitative estimate of drug-likeness (QED) is 0.797. The van der Waals surface area contributed by atoms with Crippen molar-refractivity contribution in [2.24, 2.45) is 5.92 Å². The Kier molecular flexibility index (Phi) is 4.89. The molecular formula is C14H19BrClN. The van der Waals surface area contributed by atoms with E-state index in [1.807, 2.05) is 6.07 Å². The summed E-state index contributed by atoms with van der Waals surface area (Å²) in [7, 11) is 0. The van der Waals surface area contributed by atoms with Crippen molar-refractivity contribution in [3.8, 4) is 0 Å². The fourth-order valence-electron chi connectivity index (χ4n) is 2.06. The van der Waals surface area contributed by atoms with Crippen LogP contribution in [-0.4, -0.2) is 6.04 Å². The number of rotatable bonds is 6. The zero-order chi connectivity index (χ0) is 12.3. The number of nitrogens with one attached hydrogen (secondary N) is 1. The minimum absolute atomic E-state index is 0.664. The second-order valence-corrected chi connectivity index (χ2v) is 6.18. The van der Waals surface area contributed by atoms with E-state index in [2.05, 4.69) is 40.3 Å². The van der Waals surface area contributed by atoms with Gasteiger partial charge in [-0.2, -0.15) is 0 Å².